The van der Waals surface area contributed by atoms with E-state index in [1.165, 1.54) is 30.4 Å². The third-order valence-corrected chi connectivity index (χ3v) is 5.29. The SMILES string of the molecule is CC1=C(/C=C/C(C)=C/C=C/C(C)=C/C2=NNS(=O)(=O)O2)C(C)(C)CCC1. The second kappa shape index (κ2) is 8.08. The molecule has 0 aromatic heterocycles. The summed E-state index contributed by atoms with van der Waals surface area (Å²) in [5, 5.41) is 3.59. The van der Waals surface area contributed by atoms with Crippen LogP contribution in [0.1, 0.15) is 53.9 Å². The Morgan fingerprint density at radius 2 is 1.96 bits per heavy atom. The Balaban J connectivity index is 2.00. The van der Waals surface area contributed by atoms with Gasteiger partial charge in [-0.25, -0.2) is 0 Å². The largest absolute Gasteiger partial charge is 0.424 e. The van der Waals surface area contributed by atoms with Crippen LogP contribution in [0.25, 0.3) is 0 Å². The van der Waals surface area contributed by atoms with Crippen LogP contribution in [0.4, 0.5) is 0 Å². The highest BCUT2D eigenvalue weighted by Crippen LogP contribution is 2.40. The molecule has 1 aliphatic heterocycles. The highest BCUT2D eigenvalue weighted by Gasteiger charge is 2.26. The summed E-state index contributed by atoms with van der Waals surface area (Å²) in [6.07, 6.45) is 15.5. The normalized spacial score (nSPS) is 23.3. The Bertz CT molecular complexity index is 838. The minimum atomic E-state index is -3.76. The maximum absolute atomic E-state index is 11.1. The Morgan fingerprint density at radius 1 is 1.23 bits per heavy atom. The molecule has 0 radical (unpaired) electrons. The summed E-state index contributed by atoms with van der Waals surface area (Å²) in [5.41, 5.74) is 5.16. The minimum Gasteiger partial charge on any atom is -0.344 e. The summed E-state index contributed by atoms with van der Waals surface area (Å²) < 4.78 is 26.8. The van der Waals surface area contributed by atoms with E-state index in [4.69, 9.17) is 0 Å². The first-order chi connectivity index (χ1) is 12.1. The maximum atomic E-state index is 11.1. The lowest BCUT2D eigenvalue weighted by Gasteiger charge is -2.32. The molecular weight excluding hydrogens is 348 g/mol. The smallest absolute Gasteiger partial charge is 0.344 e. The number of nitrogens with zero attached hydrogens (tertiary/aromatic N) is 1. The Hall–Kier alpha value is -2.08. The van der Waals surface area contributed by atoms with Crippen molar-refractivity contribution in [1.82, 2.24) is 4.83 Å². The van der Waals surface area contributed by atoms with Gasteiger partial charge in [-0.3, -0.25) is 0 Å². The van der Waals surface area contributed by atoms with Crippen LogP contribution in [0.2, 0.25) is 0 Å². The quantitative estimate of drug-likeness (QED) is 0.707. The third kappa shape index (κ3) is 5.73. The summed E-state index contributed by atoms with van der Waals surface area (Å²) in [4.78, 5) is 1.93. The third-order valence-electron chi connectivity index (χ3n) is 4.59. The molecule has 0 saturated carbocycles. The fraction of sp³-hybridized carbons (Fsp3) is 0.450. The average Bonchev–Trinajstić information content (AvgIpc) is 2.84. The zero-order valence-electron chi connectivity index (χ0n) is 16.2. The van der Waals surface area contributed by atoms with Crippen molar-refractivity contribution >= 4 is 16.2 Å². The van der Waals surface area contributed by atoms with Crippen molar-refractivity contribution in [2.24, 2.45) is 10.5 Å². The van der Waals surface area contributed by atoms with Crippen LogP contribution < -0.4 is 4.83 Å². The molecule has 142 valence electrons. The second-order valence-corrected chi connectivity index (χ2v) is 8.76. The molecule has 2 aliphatic rings. The van der Waals surface area contributed by atoms with Crippen molar-refractivity contribution in [1.29, 1.82) is 0 Å². The van der Waals surface area contributed by atoms with Gasteiger partial charge in [0.25, 0.3) is 5.90 Å². The lowest BCUT2D eigenvalue weighted by molar-refractivity contribution is 0.377. The molecule has 0 unspecified atom stereocenters. The molecule has 0 amide bonds. The monoisotopic (exact) mass is 376 g/mol. The van der Waals surface area contributed by atoms with Crippen molar-refractivity contribution in [2.45, 2.75) is 53.9 Å². The van der Waals surface area contributed by atoms with Crippen molar-refractivity contribution in [3.63, 3.8) is 0 Å². The predicted octanol–water partition coefficient (Wildman–Crippen LogP) is 4.70. The lowest BCUT2D eigenvalue weighted by Crippen LogP contribution is -2.19. The summed E-state index contributed by atoms with van der Waals surface area (Å²) in [7, 11) is -3.76. The molecule has 0 saturated heterocycles. The first-order valence-electron chi connectivity index (χ1n) is 8.79. The Kier molecular flexibility index (Phi) is 6.29. The van der Waals surface area contributed by atoms with E-state index in [9.17, 15) is 8.42 Å². The van der Waals surface area contributed by atoms with E-state index in [0.717, 1.165) is 11.1 Å². The topological polar surface area (TPSA) is 67.8 Å². The summed E-state index contributed by atoms with van der Waals surface area (Å²) in [6, 6.07) is 0. The van der Waals surface area contributed by atoms with E-state index in [2.05, 4.69) is 49.1 Å². The molecule has 1 heterocycles. The fourth-order valence-corrected chi connectivity index (χ4v) is 3.73. The molecule has 0 atom stereocenters. The first kappa shape index (κ1) is 20.2. The molecule has 0 fully saturated rings. The average molecular weight is 377 g/mol. The van der Waals surface area contributed by atoms with Crippen LogP contribution in [-0.2, 0) is 14.5 Å². The highest BCUT2D eigenvalue weighted by molar-refractivity contribution is 7.85. The summed E-state index contributed by atoms with van der Waals surface area (Å²) in [6.45, 7) is 10.8. The number of allylic oxidation sites excluding steroid dienone is 9. The maximum Gasteiger partial charge on any atom is 0.424 e. The molecule has 26 heavy (non-hydrogen) atoms. The molecule has 0 aromatic carbocycles. The molecule has 0 spiro atoms. The van der Waals surface area contributed by atoms with Crippen LogP contribution in [0.3, 0.4) is 0 Å². The van der Waals surface area contributed by atoms with Crippen LogP contribution in [0.5, 0.6) is 0 Å². The predicted molar refractivity (Wildman–Crippen MR) is 107 cm³/mol. The molecule has 1 aliphatic carbocycles. The van der Waals surface area contributed by atoms with Gasteiger partial charge in [0.1, 0.15) is 0 Å². The van der Waals surface area contributed by atoms with Crippen molar-refractivity contribution in [3.05, 3.63) is 58.7 Å². The second-order valence-electron chi connectivity index (χ2n) is 7.50. The summed E-state index contributed by atoms with van der Waals surface area (Å²) >= 11 is 0. The molecule has 0 aromatic rings. The molecule has 6 heteroatoms. The van der Waals surface area contributed by atoms with Gasteiger partial charge in [0.05, 0.1) is 0 Å². The minimum absolute atomic E-state index is 0.0367. The van der Waals surface area contributed by atoms with Gasteiger partial charge in [0.15, 0.2) is 0 Å². The van der Waals surface area contributed by atoms with E-state index >= 15 is 0 Å². The van der Waals surface area contributed by atoms with Gasteiger partial charge < -0.3 is 4.18 Å². The molecule has 1 N–H and O–H groups in total. The van der Waals surface area contributed by atoms with Gasteiger partial charge in [0, 0.05) is 6.08 Å². The Labute approximate surface area is 157 Å². The van der Waals surface area contributed by atoms with Gasteiger partial charge >= 0.3 is 10.3 Å². The summed E-state index contributed by atoms with van der Waals surface area (Å²) in [5.74, 6) is 0.0367. The molecule has 2 rings (SSSR count). The number of hydrogen-bond donors (Lipinski definition) is 1. The van der Waals surface area contributed by atoms with Crippen molar-refractivity contribution < 1.29 is 12.6 Å². The standard InChI is InChI=1S/C20H28N2O3S/c1-15(11-12-18-17(3)10-7-13-20(18,4)5)8-6-9-16(2)14-19-21-22-26(23,24)25-19/h6,8-9,11-12,14,22H,7,10,13H2,1-5H3/b9-6+,12-11+,15-8+,16-14+. The van der Waals surface area contributed by atoms with Gasteiger partial charge in [-0.05, 0) is 56.6 Å². The zero-order valence-corrected chi connectivity index (χ0v) is 17.0. The number of hydrazone groups is 1. The van der Waals surface area contributed by atoms with Crippen LogP contribution in [0, 0.1) is 5.41 Å². The highest BCUT2D eigenvalue weighted by atomic mass is 32.2. The van der Waals surface area contributed by atoms with E-state index in [-0.39, 0.29) is 11.3 Å². The van der Waals surface area contributed by atoms with Crippen molar-refractivity contribution in [2.75, 3.05) is 0 Å². The van der Waals surface area contributed by atoms with Gasteiger partial charge in [-0.2, -0.15) is 13.2 Å². The van der Waals surface area contributed by atoms with E-state index in [1.807, 2.05) is 30.0 Å². The van der Waals surface area contributed by atoms with Crippen molar-refractivity contribution in [3.8, 4) is 0 Å². The van der Waals surface area contributed by atoms with E-state index in [1.54, 1.807) is 6.08 Å². The van der Waals surface area contributed by atoms with Gasteiger partial charge in [-0.1, -0.05) is 55.4 Å². The van der Waals surface area contributed by atoms with Crippen LogP contribution >= 0.6 is 0 Å². The molecule has 0 bridgehead atoms. The number of nitrogens with one attached hydrogen (secondary N) is 1. The first-order valence-corrected chi connectivity index (χ1v) is 10.2. The fourth-order valence-electron chi connectivity index (χ4n) is 3.18. The Morgan fingerprint density at radius 3 is 2.58 bits per heavy atom. The molecule has 5 nitrogen and oxygen atoms in total. The van der Waals surface area contributed by atoms with Crippen LogP contribution in [-0.4, -0.2) is 14.3 Å². The lowest BCUT2D eigenvalue weighted by atomic mass is 9.72. The number of rotatable bonds is 5. The zero-order chi connectivity index (χ0) is 19.4. The van der Waals surface area contributed by atoms with Gasteiger partial charge in [0.2, 0.25) is 0 Å². The number of hydrogen-bond acceptors (Lipinski definition) is 4. The van der Waals surface area contributed by atoms with Crippen LogP contribution in [0.15, 0.2) is 63.8 Å². The van der Waals surface area contributed by atoms with E-state index < -0.39 is 10.3 Å². The van der Waals surface area contributed by atoms with Gasteiger partial charge in [-0.15, -0.1) is 5.10 Å². The van der Waals surface area contributed by atoms with E-state index in [0.29, 0.717) is 0 Å². The molecular formula is C20H28N2O3S.